The van der Waals surface area contributed by atoms with Crippen LogP contribution in [0.4, 0.5) is 0 Å². The van der Waals surface area contributed by atoms with Gasteiger partial charge in [-0.25, -0.2) is 13.4 Å². The van der Waals surface area contributed by atoms with E-state index < -0.39 is 10.0 Å². The molecule has 0 spiro atoms. The highest BCUT2D eigenvalue weighted by Gasteiger charge is 2.30. The van der Waals surface area contributed by atoms with Crippen molar-refractivity contribution >= 4 is 33.4 Å². The normalized spacial score (nSPS) is 19.0. The van der Waals surface area contributed by atoms with Gasteiger partial charge in [-0.15, -0.1) is 0 Å². The number of hydrogen-bond donors (Lipinski definition) is 0. The van der Waals surface area contributed by atoms with Crippen molar-refractivity contribution in [2.24, 2.45) is 0 Å². The van der Waals surface area contributed by atoms with Gasteiger partial charge in [0.1, 0.15) is 10.0 Å². The van der Waals surface area contributed by atoms with E-state index in [0.29, 0.717) is 18.3 Å². The predicted molar refractivity (Wildman–Crippen MR) is 74.5 cm³/mol. The molecule has 0 radical (unpaired) electrons. The topological polar surface area (TPSA) is 50.3 Å². The van der Waals surface area contributed by atoms with E-state index in [4.69, 9.17) is 11.6 Å². The van der Waals surface area contributed by atoms with Gasteiger partial charge in [-0.1, -0.05) is 11.6 Å². The van der Waals surface area contributed by atoms with Crippen molar-refractivity contribution in [3.05, 3.63) is 23.5 Å². The lowest BCUT2D eigenvalue weighted by molar-refractivity contribution is 0.352. The van der Waals surface area contributed by atoms with E-state index in [1.54, 1.807) is 17.8 Å². The number of hydrogen-bond acceptors (Lipinski definition) is 4. The van der Waals surface area contributed by atoms with Crippen LogP contribution < -0.4 is 0 Å². The first-order valence-corrected chi connectivity index (χ1v) is 8.79. The average molecular weight is 307 g/mol. The first kappa shape index (κ1) is 14.1. The quantitative estimate of drug-likeness (QED) is 0.804. The lowest BCUT2D eigenvalue weighted by Crippen LogP contribution is -2.39. The molecule has 1 aromatic heterocycles. The van der Waals surface area contributed by atoms with Gasteiger partial charge in [0.05, 0.1) is 0 Å². The largest absolute Gasteiger partial charge is 0.246 e. The van der Waals surface area contributed by atoms with Crippen LogP contribution in [0.2, 0.25) is 5.15 Å². The fourth-order valence-electron chi connectivity index (χ4n) is 2.01. The molecule has 2 rings (SSSR count). The number of aromatic nitrogens is 1. The molecule has 4 nitrogen and oxygen atoms in total. The molecule has 0 bridgehead atoms. The van der Waals surface area contributed by atoms with Crippen LogP contribution in [0.3, 0.4) is 0 Å². The average Bonchev–Trinajstić information content (AvgIpc) is 2.39. The number of piperidine rings is 1. The van der Waals surface area contributed by atoms with Gasteiger partial charge in [-0.2, -0.15) is 16.1 Å². The number of rotatable bonds is 3. The molecule has 0 aliphatic carbocycles. The molecular formula is C11H15ClN2O2S2. The van der Waals surface area contributed by atoms with Gasteiger partial charge >= 0.3 is 0 Å². The Morgan fingerprint density at radius 1 is 1.44 bits per heavy atom. The second kappa shape index (κ2) is 5.77. The van der Waals surface area contributed by atoms with Crippen LogP contribution in [-0.2, 0) is 10.0 Å². The minimum Gasteiger partial charge on any atom is -0.243 e. The molecule has 1 fully saturated rings. The maximum atomic E-state index is 12.4. The Morgan fingerprint density at radius 2 is 2.11 bits per heavy atom. The van der Waals surface area contributed by atoms with Crippen LogP contribution in [0.1, 0.15) is 12.8 Å². The van der Waals surface area contributed by atoms with Gasteiger partial charge < -0.3 is 0 Å². The van der Waals surface area contributed by atoms with Crippen molar-refractivity contribution in [1.29, 1.82) is 0 Å². The fraction of sp³-hybridized carbons (Fsp3) is 0.545. The Bertz CT molecular complexity index is 514. The molecule has 1 aromatic rings. The Hall–Kier alpha value is -0.300. The minimum atomic E-state index is -3.49. The summed E-state index contributed by atoms with van der Waals surface area (Å²) in [4.78, 5) is 3.93. The van der Waals surface area contributed by atoms with Crippen LogP contribution in [0.25, 0.3) is 0 Å². The molecule has 0 atom stereocenters. The Balaban J connectivity index is 2.20. The summed E-state index contributed by atoms with van der Waals surface area (Å²) in [7, 11) is -3.49. The summed E-state index contributed by atoms with van der Waals surface area (Å²) in [6, 6.07) is 3.10. The Morgan fingerprint density at radius 3 is 2.67 bits per heavy atom. The predicted octanol–water partition coefficient (Wildman–Crippen LogP) is 2.25. The summed E-state index contributed by atoms with van der Waals surface area (Å²) in [5, 5.41) is 0.602. The van der Waals surface area contributed by atoms with Crippen LogP contribution in [0.15, 0.2) is 23.2 Å². The highest BCUT2D eigenvalue weighted by molar-refractivity contribution is 7.99. The van der Waals surface area contributed by atoms with Crippen molar-refractivity contribution in [1.82, 2.24) is 9.29 Å². The first-order valence-electron chi connectivity index (χ1n) is 5.69. The minimum absolute atomic E-state index is 0.0458. The summed E-state index contributed by atoms with van der Waals surface area (Å²) in [6.45, 7) is 1.11. The number of pyridine rings is 1. The summed E-state index contributed by atoms with van der Waals surface area (Å²) in [6.07, 6.45) is 5.32. The molecule has 18 heavy (non-hydrogen) atoms. The number of nitrogens with zero attached hydrogens (tertiary/aromatic N) is 2. The maximum Gasteiger partial charge on any atom is 0.246 e. The van der Waals surface area contributed by atoms with E-state index in [9.17, 15) is 8.42 Å². The monoisotopic (exact) mass is 306 g/mol. The van der Waals surface area contributed by atoms with Crippen molar-refractivity contribution in [2.45, 2.75) is 23.0 Å². The second-order valence-electron chi connectivity index (χ2n) is 4.13. The zero-order valence-electron chi connectivity index (χ0n) is 10.0. The molecule has 0 unspecified atom stereocenters. The van der Waals surface area contributed by atoms with Crippen molar-refractivity contribution in [3.8, 4) is 0 Å². The number of sulfonamides is 1. The van der Waals surface area contributed by atoms with Gasteiger partial charge in [-0.3, -0.25) is 0 Å². The summed E-state index contributed by atoms with van der Waals surface area (Å²) in [5.74, 6) is 0. The van der Waals surface area contributed by atoms with Gasteiger partial charge in [-0.05, 0) is 31.2 Å². The molecule has 1 saturated heterocycles. The molecule has 0 aromatic carbocycles. The smallest absolute Gasteiger partial charge is 0.243 e. The van der Waals surface area contributed by atoms with Crippen molar-refractivity contribution in [2.75, 3.05) is 19.3 Å². The van der Waals surface area contributed by atoms with E-state index >= 15 is 0 Å². The fourth-order valence-corrected chi connectivity index (χ4v) is 4.59. The van der Waals surface area contributed by atoms with Crippen LogP contribution in [0, 0.1) is 0 Å². The third kappa shape index (κ3) is 2.82. The van der Waals surface area contributed by atoms with Crippen molar-refractivity contribution < 1.29 is 8.42 Å². The zero-order chi connectivity index (χ0) is 13.2. The number of halogens is 1. The van der Waals surface area contributed by atoms with E-state index in [-0.39, 0.29) is 10.0 Å². The zero-order valence-corrected chi connectivity index (χ0v) is 12.4. The Kier molecular flexibility index (Phi) is 4.53. The maximum absolute atomic E-state index is 12.4. The highest BCUT2D eigenvalue weighted by atomic mass is 35.5. The third-order valence-electron chi connectivity index (χ3n) is 3.08. The standard InChI is InChI=1S/C11H15ClN2O2S2/c1-17-9-4-7-14(8-5-9)18(15,16)10-3-2-6-13-11(10)12/h2-3,6,9H,4-5,7-8H2,1H3. The van der Waals surface area contributed by atoms with Gasteiger partial charge in [0.15, 0.2) is 0 Å². The molecule has 7 heteroatoms. The van der Waals surface area contributed by atoms with Crippen LogP contribution in [0.5, 0.6) is 0 Å². The molecule has 1 aliphatic rings. The first-order chi connectivity index (χ1) is 8.55. The summed E-state index contributed by atoms with van der Waals surface area (Å²) >= 11 is 7.66. The van der Waals surface area contributed by atoms with Crippen molar-refractivity contribution in [3.63, 3.8) is 0 Å². The second-order valence-corrected chi connectivity index (χ2v) is 7.53. The molecule has 1 aliphatic heterocycles. The molecule has 0 N–H and O–H groups in total. The number of thioether (sulfide) groups is 1. The van der Waals surface area contributed by atoms with Crippen LogP contribution >= 0.6 is 23.4 Å². The highest BCUT2D eigenvalue weighted by Crippen LogP contribution is 2.27. The Labute approximate surface area is 117 Å². The lowest BCUT2D eigenvalue weighted by Gasteiger charge is -2.30. The van der Waals surface area contributed by atoms with E-state index in [1.807, 2.05) is 0 Å². The van der Waals surface area contributed by atoms with E-state index in [1.165, 1.54) is 16.6 Å². The SMILES string of the molecule is CSC1CCN(S(=O)(=O)c2cccnc2Cl)CC1. The molecule has 0 amide bonds. The lowest BCUT2D eigenvalue weighted by atomic mass is 10.2. The molecule has 100 valence electrons. The van der Waals surface area contributed by atoms with Gasteiger partial charge in [0.2, 0.25) is 10.0 Å². The molecule has 2 heterocycles. The molecule has 0 saturated carbocycles. The van der Waals surface area contributed by atoms with Gasteiger partial charge in [0, 0.05) is 24.5 Å². The summed E-state index contributed by atoms with van der Waals surface area (Å²) < 4.78 is 26.3. The van der Waals surface area contributed by atoms with Gasteiger partial charge in [0.25, 0.3) is 0 Å². The van der Waals surface area contributed by atoms with Crippen LogP contribution in [-0.4, -0.2) is 42.3 Å². The summed E-state index contributed by atoms with van der Waals surface area (Å²) in [5.41, 5.74) is 0. The van der Waals surface area contributed by atoms with E-state index in [0.717, 1.165) is 12.8 Å². The van der Waals surface area contributed by atoms with E-state index in [2.05, 4.69) is 11.2 Å². The molecular weight excluding hydrogens is 292 g/mol. The third-order valence-corrected chi connectivity index (χ3v) is 6.56.